The van der Waals surface area contributed by atoms with Crippen LogP contribution in [0.4, 0.5) is 0 Å². The van der Waals surface area contributed by atoms with E-state index in [0.29, 0.717) is 6.61 Å². The molecular formula is C32H40O7Si. The van der Waals surface area contributed by atoms with Gasteiger partial charge in [0.1, 0.15) is 11.9 Å². The first-order valence-corrected chi connectivity index (χ1v) is 15.4. The van der Waals surface area contributed by atoms with Gasteiger partial charge in [-0.15, -0.1) is 0 Å². The number of esters is 1. The topological polar surface area (TPSA) is 72.5 Å². The maximum Gasteiger partial charge on any atom is 0.340 e. The van der Waals surface area contributed by atoms with Crippen molar-refractivity contribution in [2.24, 2.45) is 0 Å². The second-order valence-electron chi connectivity index (χ2n) is 11.1. The van der Waals surface area contributed by atoms with Gasteiger partial charge in [0.25, 0.3) is 8.32 Å². The zero-order valence-corrected chi connectivity index (χ0v) is 25.2. The summed E-state index contributed by atoms with van der Waals surface area (Å²) in [6, 6.07) is 28.2. The Morgan fingerprint density at radius 2 is 1.48 bits per heavy atom. The van der Waals surface area contributed by atoms with Crippen LogP contribution in [0.25, 0.3) is 0 Å². The van der Waals surface area contributed by atoms with Gasteiger partial charge in [0.15, 0.2) is 11.9 Å². The van der Waals surface area contributed by atoms with Crippen molar-refractivity contribution in [2.45, 2.75) is 56.8 Å². The fraction of sp³-hybridized carbons (Fsp3) is 0.406. The Morgan fingerprint density at radius 1 is 0.900 bits per heavy atom. The second-order valence-corrected chi connectivity index (χ2v) is 15.4. The van der Waals surface area contributed by atoms with Crippen molar-refractivity contribution in [3.63, 3.8) is 0 Å². The van der Waals surface area contributed by atoms with Crippen molar-refractivity contribution in [1.29, 1.82) is 0 Å². The van der Waals surface area contributed by atoms with Crippen LogP contribution < -0.4 is 15.1 Å². The first-order valence-electron chi connectivity index (χ1n) is 13.5. The Bertz CT molecular complexity index is 1190. The predicted octanol–water partition coefficient (Wildman–Crippen LogP) is 4.46. The van der Waals surface area contributed by atoms with Crippen LogP contribution in [0, 0.1) is 0 Å². The van der Waals surface area contributed by atoms with E-state index in [1.807, 2.05) is 60.7 Å². The maximum atomic E-state index is 13.4. The highest BCUT2D eigenvalue weighted by molar-refractivity contribution is 6.99. The van der Waals surface area contributed by atoms with Crippen LogP contribution in [0.1, 0.15) is 32.8 Å². The first kappa shape index (κ1) is 30.0. The molecule has 1 aliphatic heterocycles. The Kier molecular flexibility index (Phi) is 9.48. The summed E-state index contributed by atoms with van der Waals surface area (Å²) in [5.74, 6) is 0.260. The molecule has 3 aromatic rings. The monoisotopic (exact) mass is 564 g/mol. The molecule has 40 heavy (non-hydrogen) atoms. The lowest BCUT2D eigenvalue weighted by Crippen LogP contribution is -2.68. The summed E-state index contributed by atoms with van der Waals surface area (Å²) in [5.41, 5.74) is -0.428. The molecular weight excluding hydrogens is 524 g/mol. The Labute approximate surface area is 238 Å². The highest BCUT2D eigenvalue weighted by Gasteiger charge is 2.57. The molecule has 1 aliphatic rings. The quantitative estimate of drug-likeness (QED) is 0.252. The average molecular weight is 565 g/mol. The van der Waals surface area contributed by atoms with E-state index in [1.165, 1.54) is 7.11 Å². The van der Waals surface area contributed by atoms with E-state index in [0.717, 1.165) is 21.7 Å². The van der Waals surface area contributed by atoms with E-state index < -0.39 is 32.3 Å². The molecule has 0 saturated carbocycles. The lowest BCUT2D eigenvalue weighted by atomic mass is 10.00. The van der Waals surface area contributed by atoms with E-state index >= 15 is 0 Å². The molecule has 0 bridgehead atoms. The predicted molar refractivity (Wildman–Crippen MR) is 156 cm³/mol. The third-order valence-electron chi connectivity index (χ3n) is 7.53. The van der Waals surface area contributed by atoms with E-state index in [1.54, 1.807) is 14.2 Å². The van der Waals surface area contributed by atoms with Gasteiger partial charge in [0, 0.05) is 13.5 Å². The van der Waals surface area contributed by atoms with Crippen LogP contribution in [0.3, 0.4) is 0 Å². The summed E-state index contributed by atoms with van der Waals surface area (Å²) in [6.45, 7) is 6.90. The summed E-state index contributed by atoms with van der Waals surface area (Å²) in [7, 11) is 1.60. The van der Waals surface area contributed by atoms with Crippen molar-refractivity contribution in [2.75, 3.05) is 27.9 Å². The Hall–Kier alpha value is -3.01. The van der Waals surface area contributed by atoms with Crippen molar-refractivity contribution < 1.29 is 32.9 Å². The standard InChI is InChI=1S/C32H40O7Si/c1-31(2,3)40(26-13-9-7-10-14-26,27-15-11-8-12-16-27)38-23-32(30(33)36-6)21-28(29(35-5)39-32)37-22-24-17-19-25(34-4)20-18-24/h7-20,28-29H,21-23H2,1-6H3/t28-,29-,32-/m1/s1. The van der Waals surface area contributed by atoms with E-state index in [-0.39, 0.29) is 18.1 Å². The summed E-state index contributed by atoms with van der Waals surface area (Å²) in [6.07, 6.45) is -1.04. The minimum atomic E-state index is -2.94. The van der Waals surface area contributed by atoms with Crippen molar-refractivity contribution in [3.8, 4) is 5.75 Å². The molecule has 0 aromatic heterocycles. The van der Waals surface area contributed by atoms with Crippen LogP contribution >= 0.6 is 0 Å². The molecule has 3 atom stereocenters. The number of rotatable bonds is 11. The molecule has 0 amide bonds. The zero-order valence-electron chi connectivity index (χ0n) is 24.2. The summed E-state index contributed by atoms with van der Waals surface area (Å²) in [4.78, 5) is 13.4. The number of hydrogen-bond acceptors (Lipinski definition) is 7. The highest BCUT2D eigenvalue weighted by atomic mass is 28.4. The number of methoxy groups -OCH3 is 3. The molecule has 1 heterocycles. The average Bonchev–Trinajstić information content (AvgIpc) is 3.35. The normalized spacial score (nSPS) is 21.2. The molecule has 0 aliphatic carbocycles. The molecule has 8 heteroatoms. The van der Waals surface area contributed by atoms with Crippen LogP contribution in [0.2, 0.25) is 5.04 Å². The van der Waals surface area contributed by atoms with E-state index in [9.17, 15) is 4.79 Å². The molecule has 3 aromatic carbocycles. The van der Waals surface area contributed by atoms with Crippen molar-refractivity contribution >= 4 is 24.7 Å². The van der Waals surface area contributed by atoms with Gasteiger partial charge >= 0.3 is 5.97 Å². The van der Waals surface area contributed by atoms with Gasteiger partial charge in [0.05, 0.1) is 27.4 Å². The van der Waals surface area contributed by atoms with Crippen LogP contribution in [0.15, 0.2) is 84.9 Å². The number of carbonyl (C=O) groups excluding carboxylic acids is 1. The Morgan fingerprint density at radius 3 is 1.95 bits per heavy atom. The molecule has 1 fully saturated rings. The molecule has 0 spiro atoms. The van der Waals surface area contributed by atoms with Crippen LogP contribution in [-0.2, 0) is 34.8 Å². The van der Waals surface area contributed by atoms with Gasteiger partial charge < -0.3 is 28.1 Å². The van der Waals surface area contributed by atoms with E-state index in [4.69, 9.17) is 28.1 Å². The van der Waals surface area contributed by atoms with Gasteiger partial charge in [-0.25, -0.2) is 4.79 Å². The minimum Gasteiger partial charge on any atom is -0.497 e. The fourth-order valence-corrected chi connectivity index (χ4v) is 10.1. The smallest absolute Gasteiger partial charge is 0.340 e. The summed E-state index contributed by atoms with van der Waals surface area (Å²) >= 11 is 0. The maximum absolute atomic E-state index is 13.4. The molecule has 0 N–H and O–H groups in total. The van der Waals surface area contributed by atoms with Gasteiger partial charge in [-0.05, 0) is 33.1 Å². The lowest BCUT2D eigenvalue weighted by molar-refractivity contribution is -0.207. The third kappa shape index (κ3) is 6.01. The largest absolute Gasteiger partial charge is 0.497 e. The molecule has 7 nitrogen and oxygen atoms in total. The molecule has 214 valence electrons. The van der Waals surface area contributed by atoms with Crippen LogP contribution in [-0.4, -0.2) is 60.2 Å². The number of benzene rings is 3. The highest BCUT2D eigenvalue weighted by Crippen LogP contribution is 2.40. The van der Waals surface area contributed by atoms with Gasteiger partial charge in [-0.2, -0.15) is 0 Å². The summed E-state index contributed by atoms with van der Waals surface area (Å²) in [5, 5.41) is 1.96. The second kappa shape index (κ2) is 12.7. The summed E-state index contributed by atoms with van der Waals surface area (Å²) < 4.78 is 35.8. The number of carbonyl (C=O) groups is 1. The SMILES string of the molecule is COC(=O)[C@]1(CO[Si](c2ccccc2)(c2ccccc2)C(C)(C)C)C[C@@H](OCc2ccc(OC)cc2)[C@H](OC)O1. The van der Waals surface area contributed by atoms with Crippen molar-refractivity contribution in [3.05, 3.63) is 90.5 Å². The molecule has 0 radical (unpaired) electrons. The fourth-order valence-electron chi connectivity index (χ4n) is 5.49. The van der Waals surface area contributed by atoms with Gasteiger partial charge in [0.2, 0.25) is 0 Å². The number of ether oxygens (including phenoxy) is 5. The molecule has 4 rings (SSSR count). The lowest BCUT2D eigenvalue weighted by Gasteiger charge is -2.44. The third-order valence-corrected chi connectivity index (χ3v) is 12.5. The molecule has 1 saturated heterocycles. The van der Waals surface area contributed by atoms with Gasteiger partial charge in [-0.1, -0.05) is 93.6 Å². The van der Waals surface area contributed by atoms with Gasteiger partial charge in [-0.3, -0.25) is 0 Å². The Balaban J connectivity index is 1.65. The molecule has 0 unspecified atom stereocenters. The number of hydrogen-bond donors (Lipinski definition) is 0. The first-order chi connectivity index (χ1) is 19.2. The van der Waals surface area contributed by atoms with Crippen molar-refractivity contribution in [1.82, 2.24) is 0 Å². The van der Waals surface area contributed by atoms with Crippen LogP contribution in [0.5, 0.6) is 5.75 Å². The zero-order chi connectivity index (χ0) is 28.8. The minimum absolute atomic E-state index is 0.00475. The van der Waals surface area contributed by atoms with E-state index in [2.05, 4.69) is 45.0 Å².